The minimum atomic E-state index is -1.82. The molecule has 0 bridgehead atoms. The van der Waals surface area contributed by atoms with E-state index in [1.165, 1.54) is 0 Å². The van der Waals surface area contributed by atoms with E-state index >= 15 is 0 Å². The number of likely N-dealkylation sites (N-methyl/N-ethyl adjacent to an activating group) is 1. The molecule has 1 fully saturated rings. The summed E-state index contributed by atoms with van der Waals surface area (Å²) in [6.07, 6.45) is 0. The Bertz CT molecular complexity index is 718. The lowest BCUT2D eigenvalue weighted by atomic mass is 10.2. The lowest BCUT2D eigenvalue weighted by molar-refractivity contribution is -0.159. The molecule has 1 aromatic carbocycles. The zero-order chi connectivity index (χ0) is 20.0. The number of aliphatic carboxylic acids is 2. The van der Waals surface area contributed by atoms with Gasteiger partial charge in [-0.1, -0.05) is 12.1 Å². The first-order chi connectivity index (χ1) is 12.8. The molecule has 10 nitrogen and oxygen atoms in total. The van der Waals surface area contributed by atoms with Crippen LogP contribution in [0.2, 0.25) is 0 Å². The molecule has 0 saturated carbocycles. The van der Waals surface area contributed by atoms with Gasteiger partial charge >= 0.3 is 11.9 Å². The number of anilines is 2. The number of fused-ring (bicyclic) bond motifs is 1. The van der Waals surface area contributed by atoms with Crippen LogP contribution in [0.15, 0.2) is 24.3 Å². The molecule has 1 saturated heterocycles. The number of rotatable bonds is 2. The highest BCUT2D eigenvalue weighted by molar-refractivity contribution is 6.27. The summed E-state index contributed by atoms with van der Waals surface area (Å²) in [7, 11) is 2.09. The predicted octanol–water partition coefficient (Wildman–Crippen LogP) is -0.625. The first kappa shape index (κ1) is 20.3. The van der Waals surface area contributed by atoms with E-state index in [2.05, 4.69) is 22.2 Å². The topological polar surface area (TPSA) is 130 Å². The summed E-state index contributed by atoms with van der Waals surface area (Å²) >= 11 is 0. The van der Waals surface area contributed by atoms with Gasteiger partial charge in [0, 0.05) is 26.2 Å². The number of amides is 2. The third kappa shape index (κ3) is 5.76. The van der Waals surface area contributed by atoms with Crippen LogP contribution in [0, 0.1) is 0 Å². The van der Waals surface area contributed by atoms with Gasteiger partial charge in [0.15, 0.2) is 0 Å². The zero-order valence-corrected chi connectivity index (χ0v) is 14.9. The van der Waals surface area contributed by atoms with Gasteiger partial charge in [-0.2, -0.15) is 0 Å². The molecule has 0 unspecified atom stereocenters. The number of carbonyl (C=O) groups is 4. The molecule has 2 aliphatic rings. The Balaban J connectivity index is 0.000000380. The van der Waals surface area contributed by atoms with Crippen molar-refractivity contribution >= 4 is 35.1 Å². The van der Waals surface area contributed by atoms with Crippen molar-refractivity contribution in [3.05, 3.63) is 24.3 Å². The van der Waals surface area contributed by atoms with Gasteiger partial charge in [-0.3, -0.25) is 19.4 Å². The van der Waals surface area contributed by atoms with Crippen LogP contribution in [0.4, 0.5) is 11.4 Å². The highest BCUT2D eigenvalue weighted by Crippen LogP contribution is 2.28. The van der Waals surface area contributed by atoms with Gasteiger partial charge in [-0.15, -0.1) is 0 Å². The highest BCUT2D eigenvalue weighted by Gasteiger charge is 2.28. The Morgan fingerprint density at radius 1 is 1.04 bits per heavy atom. The Kier molecular flexibility index (Phi) is 6.85. The van der Waals surface area contributed by atoms with Crippen LogP contribution in [-0.4, -0.2) is 90.1 Å². The monoisotopic (exact) mass is 378 g/mol. The fraction of sp³-hybridized carbons (Fsp3) is 0.412. The van der Waals surface area contributed by atoms with E-state index in [0.29, 0.717) is 12.2 Å². The largest absolute Gasteiger partial charge is 0.473 e. The maximum absolute atomic E-state index is 12.5. The molecule has 2 aliphatic heterocycles. The lowest BCUT2D eigenvalue weighted by Gasteiger charge is -2.34. The van der Waals surface area contributed by atoms with Crippen molar-refractivity contribution in [2.24, 2.45) is 0 Å². The number of para-hydroxylation sites is 2. The number of hydrogen-bond donors (Lipinski definition) is 3. The predicted molar refractivity (Wildman–Crippen MR) is 96.6 cm³/mol. The quantitative estimate of drug-likeness (QED) is 0.580. The van der Waals surface area contributed by atoms with Crippen molar-refractivity contribution in [2.75, 3.05) is 56.5 Å². The van der Waals surface area contributed by atoms with Gasteiger partial charge in [0.2, 0.25) is 11.8 Å². The van der Waals surface area contributed by atoms with Gasteiger partial charge in [0.25, 0.3) is 0 Å². The van der Waals surface area contributed by atoms with Crippen molar-refractivity contribution in [3.63, 3.8) is 0 Å². The van der Waals surface area contributed by atoms with Crippen molar-refractivity contribution in [3.8, 4) is 0 Å². The smallest absolute Gasteiger partial charge is 0.414 e. The number of nitrogens with one attached hydrogen (secondary N) is 1. The molecular weight excluding hydrogens is 356 g/mol. The summed E-state index contributed by atoms with van der Waals surface area (Å²) in [5.74, 6) is -3.80. The second-order valence-electron chi connectivity index (χ2n) is 6.23. The van der Waals surface area contributed by atoms with E-state index in [0.717, 1.165) is 31.9 Å². The van der Waals surface area contributed by atoms with Crippen molar-refractivity contribution in [2.45, 2.75) is 0 Å². The Hall–Kier alpha value is -2.98. The number of hydrogen-bond acceptors (Lipinski definition) is 6. The Labute approximate surface area is 156 Å². The van der Waals surface area contributed by atoms with E-state index < -0.39 is 11.9 Å². The van der Waals surface area contributed by atoms with E-state index in [-0.39, 0.29) is 18.4 Å². The average Bonchev–Trinajstić information content (AvgIpc) is 2.63. The molecule has 0 atom stereocenters. The molecule has 3 rings (SSSR count). The second kappa shape index (κ2) is 9.10. The number of carboxylic acids is 2. The van der Waals surface area contributed by atoms with Gasteiger partial charge in [-0.25, -0.2) is 9.59 Å². The van der Waals surface area contributed by atoms with Gasteiger partial charge < -0.3 is 20.4 Å². The molecule has 2 amide bonds. The van der Waals surface area contributed by atoms with Crippen LogP contribution >= 0.6 is 0 Å². The summed E-state index contributed by atoms with van der Waals surface area (Å²) in [5.41, 5.74) is 1.50. The van der Waals surface area contributed by atoms with Crippen LogP contribution in [0.5, 0.6) is 0 Å². The van der Waals surface area contributed by atoms with Crippen molar-refractivity contribution in [1.82, 2.24) is 9.80 Å². The van der Waals surface area contributed by atoms with Gasteiger partial charge in [0.05, 0.1) is 17.9 Å². The summed E-state index contributed by atoms with van der Waals surface area (Å²) < 4.78 is 0. The number of nitrogens with zero attached hydrogens (tertiary/aromatic N) is 3. The minimum absolute atomic E-state index is 0.0122. The van der Waals surface area contributed by atoms with E-state index in [4.69, 9.17) is 19.8 Å². The molecule has 0 radical (unpaired) electrons. The molecule has 146 valence electrons. The summed E-state index contributed by atoms with van der Waals surface area (Å²) in [6.45, 7) is 4.21. The maximum Gasteiger partial charge on any atom is 0.414 e. The van der Waals surface area contributed by atoms with Crippen LogP contribution in [0.1, 0.15) is 0 Å². The third-order valence-corrected chi connectivity index (χ3v) is 4.21. The SMILES string of the molecule is CN1CCN(CC(=O)N2CC(=O)Nc3ccccc32)CC1.O=C(O)C(=O)O. The first-order valence-corrected chi connectivity index (χ1v) is 8.34. The van der Waals surface area contributed by atoms with Crippen molar-refractivity contribution in [1.29, 1.82) is 0 Å². The minimum Gasteiger partial charge on any atom is -0.473 e. The Morgan fingerprint density at radius 2 is 1.63 bits per heavy atom. The fourth-order valence-corrected chi connectivity index (χ4v) is 2.74. The number of piperazine rings is 1. The summed E-state index contributed by atoms with van der Waals surface area (Å²) in [4.78, 5) is 48.5. The fourth-order valence-electron chi connectivity index (χ4n) is 2.74. The van der Waals surface area contributed by atoms with Gasteiger partial charge in [-0.05, 0) is 19.2 Å². The Morgan fingerprint density at radius 3 is 2.22 bits per heavy atom. The molecular formula is C17H22N4O6. The summed E-state index contributed by atoms with van der Waals surface area (Å²) in [6, 6.07) is 7.43. The van der Waals surface area contributed by atoms with Crippen LogP contribution < -0.4 is 10.2 Å². The highest BCUT2D eigenvalue weighted by atomic mass is 16.4. The van der Waals surface area contributed by atoms with E-state index in [1.54, 1.807) is 4.90 Å². The standard InChI is InChI=1S/C15H20N4O2.C2H2O4/c1-17-6-8-18(9-7-17)11-15(21)19-10-14(20)16-12-4-2-3-5-13(12)19;3-1(4)2(5)6/h2-5H,6-11H2,1H3,(H,16,20);(H,3,4)(H,5,6). The lowest BCUT2D eigenvalue weighted by Crippen LogP contribution is -2.51. The van der Waals surface area contributed by atoms with Gasteiger partial charge in [0.1, 0.15) is 6.54 Å². The maximum atomic E-state index is 12.5. The van der Waals surface area contributed by atoms with Crippen LogP contribution in [0.3, 0.4) is 0 Å². The first-order valence-electron chi connectivity index (χ1n) is 8.34. The number of carbonyl (C=O) groups excluding carboxylic acids is 2. The van der Waals surface area contributed by atoms with Crippen LogP contribution in [0.25, 0.3) is 0 Å². The normalized spacial score (nSPS) is 17.2. The third-order valence-electron chi connectivity index (χ3n) is 4.21. The van der Waals surface area contributed by atoms with E-state index in [1.807, 2.05) is 24.3 Å². The van der Waals surface area contributed by atoms with Crippen LogP contribution in [-0.2, 0) is 19.2 Å². The molecule has 0 spiro atoms. The molecule has 2 heterocycles. The molecule has 27 heavy (non-hydrogen) atoms. The van der Waals surface area contributed by atoms with E-state index in [9.17, 15) is 9.59 Å². The molecule has 1 aromatic rings. The molecule has 0 aliphatic carbocycles. The number of carboxylic acid groups (broad SMARTS) is 2. The molecule has 0 aromatic heterocycles. The zero-order valence-electron chi connectivity index (χ0n) is 14.9. The molecule has 10 heteroatoms. The molecule has 3 N–H and O–H groups in total. The summed E-state index contributed by atoms with van der Waals surface area (Å²) in [5, 5.41) is 17.6. The average molecular weight is 378 g/mol. The number of benzene rings is 1. The van der Waals surface area contributed by atoms with Crippen molar-refractivity contribution < 1.29 is 29.4 Å². The second-order valence-corrected chi connectivity index (χ2v) is 6.23.